The molecule has 1 saturated heterocycles. The number of pyridine rings is 1. The van der Waals surface area contributed by atoms with E-state index in [9.17, 15) is 13.2 Å². The van der Waals surface area contributed by atoms with E-state index in [0.29, 0.717) is 42.9 Å². The second kappa shape index (κ2) is 8.80. The van der Waals surface area contributed by atoms with Gasteiger partial charge in [-0.15, -0.1) is 0 Å². The third-order valence-corrected chi connectivity index (χ3v) is 7.17. The van der Waals surface area contributed by atoms with Gasteiger partial charge in [-0.3, -0.25) is 0 Å². The van der Waals surface area contributed by atoms with Crippen molar-refractivity contribution in [2.24, 2.45) is 0 Å². The van der Waals surface area contributed by atoms with Crippen LogP contribution < -0.4 is 11.2 Å². The standard InChI is InChI=1S/C23H30N6O4S/c1-16-5-7-17(8-6-16)34(31,32)29-10-9-18-20(19(24)15-25-21(18)29)26-28-13-11-27(12-14-28)22(30)33-23(2,3)4/h5-10,15H,11-14,24H2,1-4H3,(H,25,26). The Morgan fingerprint density at radius 2 is 1.74 bits per heavy atom. The van der Waals surface area contributed by atoms with Gasteiger partial charge < -0.3 is 20.8 Å². The van der Waals surface area contributed by atoms with Crippen molar-refractivity contribution >= 4 is 38.5 Å². The SMILES string of the molecule is Cc1ccc(S(=O)(=O)n2ccc3c(NN4CCN(C(=O)OC(C)(C)C)CC4)c(N)cnc32)cc1. The number of benzene rings is 1. The lowest BCUT2D eigenvalue weighted by atomic mass is 10.2. The molecule has 0 aliphatic carbocycles. The van der Waals surface area contributed by atoms with E-state index in [2.05, 4.69) is 10.4 Å². The lowest BCUT2D eigenvalue weighted by Gasteiger charge is -2.36. The molecule has 4 rings (SSSR count). The van der Waals surface area contributed by atoms with Crippen molar-refractivity contribution in [2.45, 2.75) is 38.2 Å². The number of hydrazine groups is 1. The van der Waals surface area contributed by atoms with Crippen LogP contribution in [0.5, 0.6) is 0 Å². The maximum absolute atomic E-state index is 13.2. The van der Waals surface area contributed by atoms with Crippen molar-refractivity contribution in [3.8, 4) is 0 Å². The fourth-order valence-electron chi connectivity index (χ4n) is 3.71. The number of nitrogens with zero attached hydrogens (tertiary/aromatic N) is 4. The number of amides is 1. The summed E-state index contributed by atoms with van der Waals surface area (Å²) in [6, 6.07) is 8.36. The summed E-state index contributed by atoms with van der Waals surface area (Å²) in [6.07, 6.45) is 2.59. The Kier molecular flexibility index (Phi) is 6.17. The molecule has 1 aliphatic rings. The van der Waals surface area contributed by atoms with E-state index in [1.807, 2.05) is 32.7 Å². The molecule has 182 valence electrons. The number of aryl methyl sites for hydroxylation is 1. The number of carbonyl (C=O) groups is 1. The Balaban J connectivity index is 1.55. The van der Waals surface area contributed by atoms with Gasteiger partial charge in [-0.05, 0) is 45.9 Å². The number of piperazine rings is 1. The molecule has 0 saturated carbocycles. The zero-order valence-electron chi connectivity index (χ0n) is 19.8. The molecule has 3 N–H and O–H groups in total. The highest BCUT2D eigenvalue weighted by molar-refractivity contribution is 7.90. The second-order valence-corrected chi connectivity index (χ2v) is 11.1. The summed E-state index contributed by atoms with van der Waals surface area (Å²) >= 11 is 0. The first-order valence-electron chi connectivity index (χ1n) is 11.0. The van der Waals surface area contributed by atoms with Gasteiger partial charge in [0.05, 0.1) is 22.5 Å². The van der Waals surface area contributed by atoms with E-state index in [1.54, 1.807) is 35.2 Å². The lowest BCUT2D eigenvalue weighted by molar-refractivity contribution is 0.0163. The van der Waals surface area contributed by atoms with E-state index >= 15 is 0 Å². The summed E-state index contributed by atoms with van der Waals surface area (Å²) in [6.45, 7) is 9.48. The van der Waals surface area contributed by atoms with Gasteiger partial charge in [0.1, 0.15) is 5.60 Å². The van der Waals surface area contributed by atoms with Crippen LogP contribution in [0.15, 0.2) is 47.6 Å². The summed E-state index contributed by atoms with van der Waals surface area (Å²) in [5.74, 6) is 0. The molecule has 0 radical (unpaired) electrons. The minimum absolute atomic E-state index is 0.182. The fourth-order valence-corrected chi connectivity index (χ4v) is 5.01. The summed E-state index contributed by atoms with van der Waals surface area (Å²) in [5.41, 5.74) is 11.2. The van der Waals surface area contributed by atoms with Crippen molar-refractivity contribution in [2.75, 3.05) is 37.3 Å². The second-order valence-electron chi connectivity index (χ2n) is 9.32. The molecule has 3 heterocycles. The number of nitrogens with two attached hydrogens (primary N) is 1. The van der Waals surface area contributed by atoms with E-state index < -0.39 is 15.6 Å². The quantitative estimate of drug-likeness (QED) is 0.577. The van der Waals surface area contributed by atoms with Crippen LogP contribution >= 0.6 is 0 Å². The number of nitrogens with one attached hydrogen (secondary N) is 1. The molecule has 10 nitrogen and oxygen atoms in total. The van der Waals surface area contributed by atoms with Crippen molar-refractivity contribution in [1.82, 2.24) is 18.9 Å². The number of hydrogen-bond acceptors (Lipinski definition) is 8. The molecule has 1 aliphatic heterocycles. The van der Waals surface area contributed by atoms with E-state index in [0.717, 1.165) is 9.54 Å². The van der Waals surface area contributed by atoms with Gasteiger partial charge in [0, 0.05) is 37.8 Å². The molecule has 1 amide bonds. The molecule has 1 aromatic carbocycles. The monoisotopic (exact) mass is 486 g/mol. The Labute approximate surface area is 199 Å². The predicted octanol–water partition coefficient (Wildman–Crippen LogP) is 3.04. The van der Waals surface area contributed by atoms with Crippen molar-refractivity contribution in [1.29, 1.82) is 0 Å². The van der Waals surface area contributed by atoms with Crippen LogP contribution in [-0.2, 0) is 14.8 Å². The van der Waals surface area contributed by atoms with E-state index in [1.165, 1.54) is 12.4 Å². The fraction of sp³-hybridized carbons (Fsp3) is 0.391. The molecule has 0 atom stereocenters. The highest BCUT2D eigenvalue weighted by Gasteiger charge is 2.27. The molecule has 0 bridgehead atoms. The van der Waals surface area contributed by atoms with Gasteiger partial charge in [-0.1, -0.05) is 17.7 Å². The van der Waals surface area contributed by atoms with Gasteiger partial charge in [0.2, 0.25) is 0 Å². The van der Waals surface area contributed by atoms with Gasteiger partial charge in [0.15, 0.2) is 5.65 Å². The number of hydrogen-bond donors (Lipinski definition) is 2. The van der Waals surface area contributed by atoms with E-state index in [-0.39, 0.29) is 16.6 Å². The van der Waals surface area contributed by atoms with Gasteiger partial charge >= 0.3 is 6.09 Å². The van der Waals surface area contributed by atoms with Crippen LogP contribution in [0.2, 0.25) is 0 Å². The van der Waals surface area contributed by atoms with Crippen LogP contribution in [0, 0.1) is 6.92 Å². The molecule has 34 heavy (non-hydrogen) atoms. The zero-order valence-corrected chi connectivity index (χ0v) is 20.6. The van der Waals surface area contributed by atoms with Crippen LogP contribution in [0.1, 0.15) is 26.3 Å². The van der Waals surface area contributed by atoms with Gasteiger partial charge in [-0.2, -0.15) is 0 Å². The number of rotatable bonds is 4. The molecule has 11 heteroatoms. The Morgan fingerprint density at radius 3 is 2.35 bits per heavy atom. The number of anilines is 2. The first-order chi connectivity index (χ1) is 16.0. The molecular formula is C23H30N6O4S. The Hall–Kier alpha value is -3.31. The number of aromatic nitrogens is 2. The smallest absolute Gasteiger partial charge is 0.410 e. The van der Waals surface area contributed by atoms with Crippen molar-refractivity contribution < 1.29 is 17.9 Å². The van der Waals surface area contributed by atoms with Crippen LogP contribution in [0.3, 0.4) is 0 Å². The van der Waals surface area contributed by atoms with Crippen LogP contribution in [0.25, 0.3) is 11.0 Å². The van der Waals surface area contributed by atoms with Gasteiger partial charge in [0.25, 0.3) is 10.0 Å². The normalized spacial score (nSPS) is 15.5. The number of nitrogen functional groups attached to an aromatic ring is 1. The Morgan fingerprint density at radius 1 is 1.09 bits per heavy atom. The first kappa shape index (κ1) is 23.8. The molecule has 3 aromatic rings. The molecule has 1 fully saturated rings. The molecule has 0 unspecified atom stereocenters. The minimum atomic E-state index is -3.82. The topological polar surface area (TPSA) is 123 Å². The molecular weight excluding hydrogens is 456 g/mol. The highest BCUT2D eigenvalue weighted by atomic mass is 32.2. The number of carbonyl (C=O) groups excluding carboxylic acids is 1. The average Bonchev–Trinajstić information content (AvgIpc) is 3.20. The maximum Gasteiger partial charge on any atom is 0.410 e. The third-order valence-electron chi connectivity index (χ3n) is 5.49. The molecule has 2 aromatic heterocycles. The van der Waals surface area contributed by atoms with Crippen LogP contribution in [0.4, 0.5) is 16.2 Å². The van der Waals surface area contributed by atoms with Gasteiger partial charge in [-0.25, -0.2) is 27.2 Å². The third kappa shape index (κ3) is 4.80. The van der Waals surface area contributed by atoms with Crippen molar-refractivity contribution in [3.05, 3.63) is 48.3 Å². The summed E-state index contributed by atoms with van der Waals surface area (Å²) in [7, 11) is -3.82. The first-order valence-corrected chi connectivity index (χ1v) is 12.5. The number of ether oxygens (including phenoxy) is 1. The molecule has 0 spiro atoms. The maximum atomic E-state index is 13.2. The highest BCUT2D eigenvalue weighted by Crippen LogP contribution is 2.31. The van der Waals surface area contributed by atoms with E-state index in [4.69, 9.17) is 10.5 Å². The Bertz CT molecular complexity index is 1300. The van der Waals surface area contributed by atoms with Crippen molar-refractivity contribution in [3.63, 3.8) is 0 Å². The minimum Gasteiger partial charge on any atom is -0.444 e. The predicted molar refractivity (Wildman–Crippen MR) is 131 cm³/mol. The summed E-state index contributed by atoms with van der Waals surface area (Å²) < 4.78 is 33.0. The summed E-state index contributed by atoms with van der Waals surface area (Å²) in [4.78, 5) is 18.5. The average molecular weight is 487 g/mol. The van der Waals surface area contributed by atoms with Crippen LogP contribution in [-0.4, -0.2) is 65.2 Å². The number of fused-ring (bicyclic) bond motifs is 1. The lowest BCUT2D eigenvalue weighted by Crippen LogP contribution is -2.51. The zero-order chi connectivity index (χ0) is 24.7. The largest absolute Gasteiger partial charge is 0.444 e. The summed E-state index contributed by atoms with van der Waals surface area (Å²) in [5, 5.41) is 2.53.